The van der Waals surface area contributed by atoms with E-state index < -0.39 is 5.60 Å². The van der Waals surface area contributed by atoms with Crippen LogP contribution in [0, 0.1) is 0 Å². The topological polar surface area (TPSA) is 130 Å². The second kappa shape index (κ2) is 13.1. The molecule has 3 aliphatic heterocycles. The summed E-state index contributed by atoms with van der Waals surface area (Å²) in [6, 6.07) is 11.7. The van der Waals surface area contributed by atoms with Crippen molar-refractivity contribution in [1.29, 1.82) is 0 Å². The molecule has 3 aliphatic rings. The monoisotopic (exact) mass is 644 g/mol. The van der Waals surface area contributed by atoms with E-state index in [9.17, 15) is 9.59 Å². The van der Waals surface area contributed by atoms with Gasteiger partial charge in [-0.2, -0.15) is 0 Å². The lowest BCUT2D eigenvalue weighted by Gasteiger charge is -2.27. The number of amides is 2. The third-order valence-electron chi connectivity index (χ3n) is 9.06. The number of likely N-dealkylation sites (tertiary alicyclic amines) is 2. The number of benzene rings is 1. The van der Waals surface area contributed by atoms with Crippen LogP contribution in [0.5, 0.6) is 0 Å². The number of hydrogen-bond donors (Lipinski definition) is 1. The molecule has 0 radical (unpaired) electrons. The van der Waals surface area contributed by atoms with Crippen molar-refractivity contribution in [2.45, 2.75) is 77.0 Å². The van der Waals surface area contributed by atoms with Crippen LogP contribution >= 0.6 is 0 Å². The van der Waals surface area contributed by atoms with Gasteiger partial charge in [-0.1, -0.05) is 30.3 Å². The first-order valence-electron chi connectivity index (χ1n) is 16.6. The van der Waals surface area contributed by atoms with E-state index in [1.807, 2.05) is 86.9 Å². The summed E-state index contributed by atoms with van der Waals surface area (Å²) in [7, 11) is 0. The predicted molar refractivity (Wildman–Crippen MR) is 183 cm³/mol. The molecule has 1 aromatic carbocycles. The molecule has 48 heavy (non-hydrogen) atoms. The Kier molecular flexibility index (Phi) is 8.60. The van der Waals surface area contributed by atoms with Crippen LogP contribution in [-0.2, 0) is 16.0 Å². The number of carbonyl (C=O) groups is 2. The lowest BCUT2D eigenvalue weighted by molar-refractivity contribution is -0.130. The molecular formula is C37H40N8O3. The van der Waals surface area contributed by atoms with Gasteiger partial charge in [0.1, 0.15) is 11.4 Å². The van der Waals surface area contributed by atoms with E-state index in [2.05, 4.69) is 24.9 Å². The SMILES string of the molecule is CC(C)(C)OC(=O)N1CCC[C@H]1c1ncc(-c2ccc(-c3ncc(C4=CN=C([C@@H]5CCCN5C(=O)Cc5cccnc5)C4)cn3)cc2)[nH]1. The van der Waals surface area contributed by atoms with Gasteiger partial charge in [-0.25, -0.2) is 19.7 Å². The molecule has 11 nitrogen and oxygen atoms in total. The van der Waals surface area contributed by atoms with Gasteiger partial charge in [-0.15, -0.1) is 0 Å². The van der Waals surface area contributed by atoms with Gasteiger partial charge >= 0.3 is 6.09 Å². The summed E-state index contributed by atoms with van der Waals surface area (Å²) >= 11 is 0. The number of nitrogens with one attached hydrogen (secondary N) is 1. The second-order valence-electron chi connectivity index (χ2n) is 13.6. The Labute approximate surface area is 280 Å². The summed E-state index contributed by atoms with van der Waals surface area (Å²) in [5, 5.41) is 0. The Morgan fingerprint density at radius 2 is 1.60 bits per heavy atom. The fourth-order valence-electron chi connectivity index (χ4n) is 6.70. The molecule has 2 saturated heterocycles. The van der Waals surface area contributed by atoms with Crippen molar-refractivity contribution in [3.05, 3.63) is 90.5 Å². The van der Waals surface area contributed by atoms with Crippen molar-refractivity contribution in [3.8, 4) is 22.6 Å². The first-order valence-corrected chi connectivity index (χ1v) is 16.6. The molecule has 0 bridgehead atoms. The van der Waals surface area contributed by atoms with E-state index in [4.69, 9.17) is 9.73 Å². The van der Waals surface area contributed by atoms with Crippen LogP contribution in [0.25, 0.3) is 28.2 Å². The molecule has 3 aromatic heterocycles. The summed E-state index contributed by atoms with van der Waals surface area (Å²) in [5.41, 5.74) is 6.16. The van der Waals surface area contributed by atoms with Crippen molar-refractivity contribution in [2.24, 2.45) is 4.99 Å². The number of imidazole rings is 1. The van der Waals surface area contributed by atoms with Crippen molar-refractivity contribution >= 4 is 23.3 Å². The summed E-state index contributed by atoms with van der Waals surface area (Å²) in [6.07, 6.45) is 15.3. The van der Waals surface area contributed by atoms with Gasteiger partial charge in [0, 0.05) is 67.3 Å². The normalized spacial score (nSPS) is 19.4. The number of carbonyl (C=O) groups excluding carboxylic acids is 2. The molecule has 0 unspecified atom stereocenters. The van der Waals surface area contributed by atoms with Crippen molar-refractivity contribution < 1.29 is 14.3 Å². The average molecular weight is 645 g/mol. The van der Waals surface area contributed by atoms with Crippen LogP contribution in [0.1, 0.15) is 75.9 Å². The first-order chi connectivity index (χ1) is 23.2. The van der Waals surface area contributed by atoms with Crippen LogP contribution in [0.4, 0.5) is 4.79 Å². The number of pyridine rings is 1. The van der Waals surface area contributed by atoms with E-state index in [0.29, 0.717) is 25.2 Å². The molecule has 1 N–H and O–H groups in total. The molecule has 11 heteroatoms. The van der Waals surface area contributed by atoms with E-state index in [-0.39, 0.29) is 24.1 Å². The van der Waals surface area contributed by atoms with E-state index >= 15 is 0 Å². The number of nitrogens with zero attached hydrogens (tertiary/aromatic N) is 7. The van der Waals surface area contributed by atoms with Crippen molar-refractivity contribution in [3.63, 3.8) is 0 Å². The Morgan fingerprint density at radius 3 is 2.33 bits per heavy atom. The number of ether oxygens (including phenoxy) is 1. The van der Waals surface area contributed by atoms with Crippen molar-refractivity contribution in [2.75, 3.05) is 13.1 Å². The maximum Gasteiger partial charge on any atom is 0.410 e. The van der Waals surface area contributed by atoms with Crippen LogP contribution in [0.2, 0.25) is 0 Å². The summed E-state index contributed by atoms with van der Waals surface area (Å²) in [4.78, 5) is 55.9. The van der Waals surface area contributed by atoms with Crippen LogP contribution in [0.3, 0.4) is 0 Å². The van der Waals surface area contributed by atoms with Crippen LogP contribution < -0.4 is 0 Å². The Hall–Kier alpha value is -5.19. The van der Waals surface area contributed by atoms with Crippen LogP contribution in [0.15, 0.2) is 78.6 Å². The molecule has 0 spiro atoms. The van der Waals surface area contributed by atoms with Gasteiger partial charge in [-0.05, 0) is 69.2 Å². The summed E-state index contributed by atoms with van der Waals surface area (Å²) in [5.74, 6) is 1.52. The van der Waals surface area contributed by atoms with Gasteiger partial charge in [0.2, 0.25) is 5.91 Å². The van der Waals surface area contributed by atoms with E-state index in [0.717, 1.165) is 77.3 Å². The zero-order valence-corrected chi connectivity index (χ0v) is 27.6. The van der Waals surface area contributed by atoms with Gasteiger partial charge < -0.3 is 14.6 Å². The highest BCUT2D eigenvalue weighted by molar-refractivity contribution is 6.03. The van der Waals surface area contributed by atoms with E-state index in [1.165, 1.54) is 0 Å². The third kappa shape index (κ3) is 6.76. The predicted octanol–water partition coefficient (Wildman–Crippen LogP) is 6.42. The quantitative estimate of drug-likeness (QED) is 0.246. The third-order valence-corrected chi connectivity index (χ3v) is 9.06. The number of allylic oxidation sites excluding steroid dienone is 1. The maximum absolute atomic E-state index is 13.1. The molecule has 246 valence electrons. The zero-order chi connectivity index (χ0) is 33.3. The number of aromatic amines is 1. The molecular weight excluding hydrogens is 604 g/mol. The number of rotatable bonds is 7. The fourth-order valence-corrected chi connectivity index (χ4v) is 6.70. The Morgan fingerprint density at radius 1 is 0.875 bits per heavy atom. The highest BCUT2D eigenvalue weighted by atomic mass is 16.6. The number of H-pyrrole nitrogens is 1. The fraction of sp³-hybridized carbons (Fsp3) is 0.378. The van der Waals surface area contributed by atoms with Crippen molar-refractivity contribution in [1.82, 2.24) is 34.7 Å². The van der Waals surface area contributed by atoms with Gasteiger partial charge in [0.25, 0.3) is 0 Å². The standard InChI is InChI=1S/C37H40N8O3/c1-37(2,3)48-36(47)45-16-6-9-32(45)35-42-23-30(43-35)25-10-12-26(13-11-25)34-40-21-28(22-41-34)27-18-29(39-20-27)31-8-5-15-44(31)33(46)17-24-7-4-14-38-19-24/h4,7,10-14,19-23,31-32H,5-6,8-9,15-18H2,1-3H3,(H,42,43)/t31-,32-/m0/s1. The van der Waals surface area contributed by atoms with E-state index in [1.54, 1.807) is 17.3 Å². The lowest BCUT2D eigenvalue weighted by Crippen LogP contribution is -2.41. The average Bonchev–Trinajstić information content (AvgIpc) is 3.91. The first kappa shape index (κ1) is 31.4. The highest BCUT2D eigenvalue weighted by Crippen LogP contribution is 2.34. The molecule has 2 atom stereocenters. The number of aromatic nitrogens is 5. The van der Waals surface area contributed by atoms with Gasteiger partial charge in [0.15, 0.2) is 5.82 Å². The lowest BCUT2D eigenvalue weighted by atomic mass is 10.00. The zero-order valence-electron chi connectivity index (χ0n) is 27.6. The Bertz CT molecular complexity index is 1840. The summed E-state index contributed by atoms with van der Waals surface area (Å²) in [6.45, 7) is 7.04. The molecule has 2 amide bonds. The minimum atomic E-state index is -0.544. The Balaban J connectivity index is 0.964. The smallest absolute Gasteiger partial charge is 0.410 e. The second-order valence-corrected chi connectivity index (χ2v) is 13.6. The number of aliphatic imine (C=N–C) groups is 1. The largest absolute Gasteiger partial charge is 0.444 e. The molecule has 4 aromatic rings. The van der Waals surface area contributed by atoms with Gasteiger partial charge in [-0.3, -0.25) is 19.7 Å². The molecule has 2 fully saturated rings. The van der Waals surface area contributed by atoms with Crippen LogP contribution in [-0.4, -0.2) is 77.2 Å². The number of hydrogen-bond acceptors (Lipinski definition) is 8. The highest BCUT2D eigenvalue weighted by Gasteiger charge is 2.35. The molecule has 7 rings (SSSR count). The molecule has 6 heterocycles. The molecule has 0 aliphatic carbocycles. The van der Waals surface area contributed by atoms with Gasteiger partial charge in [0.05, 0.1) is 30.4 Å². The minimum absolute atomic E-state index is 0.0228. The molecule has 0 saturated carbocycles. The summed E-state index contributed by atoms with van der Waals surface area (Å²) < 4.78 is 5.62. The minimum Gasteiger partial charge on any atom is -0.444 e. The maximum atomic E-state index is 13.1.